The van der Waals surface area contributed by atoms with Gasteiger partial charge in [0.25, 0.3) is 15.9 Å². The minimum atomic E-state index is -3.97. The monoisotopic (exact) mass is 452 g/mol. The number of ether oxygens (including phenoxy) is 2. The molecule has 1 atom stereocenters. The van der Waals surface area contributed by atoms with E-state index in [2.05, 4.69) is 10.0 Å². The average molecular weight is 453 g/mol. The third-order valence-electron chi connectivity index (χ3n) is 4.16. The quantitative estimate of drug-likeness (QED) is 0.533. The molecule has 2 rings (SSSR count). The van der Waals surface area contributed by atoms with Crippen LogP contribution in [0.5, 0.6) is 5.75 Å². The number of thioether (sulfide) groups is 1. The number of methoxy groups -OCH3 is 2. The highest BCUT2D eigenvalue weighted by Gasteiger charge is 2.23. The number of sulfonamides is 1. The van der Waals surface area contributed by atoms with Crippen molar-refractivity contribution in [3.05, 3.63) is 54.1 Å². The lowest BCUT2D eigenvalue weighted by atomic mass is 10.1. The molecule has 0 saturated carbocycles. The van der Waals surface area contributed by atoms with Crippen molar-refractivity contribution in [1.29, 1.82) is 0 Å². The van der Waals surface area contributed by atoms with Crippen LogP contribution in [0, 0.1) is 0 Å². The van der Waals surface area contributed by atoms with E-state index < -0.39 is 27.9 Å². The molecular formula is C20H24N2O6S2. The normalized spacial score (nSPS) is 12.0. The van der Waals surface area contributed by atoms with Crippen LogP contribution >= 0.6 is 11.8 Å². The Morgan fingerprint density at radius 3 is 2.50 bits per heavy atom. The lowest BCUT2D eigenvalue weighted by Crippen LogP contribution is -2.42. The van der Waals surface area contributed by atoms with Crippen molar-refractivity contribution in [1.82, 2.24) is 5.32 Å². The predicted octanol–water partition coefficient (Wildman–Crippen LogP) is 2.52. The number of amides is 1. The molecule has 30 heavy (non-hydrogen) atoms. The van der Waals surface area contributed by atoms with Crippen molar-refractivity contribution in [2.75, 3.05) is 31.0 Å². The van der Waals surface area contributed by atoms with Crippen LogP contribution < -0.4 is 14.8 Å². The fourth-order valence-corrected chi connectivity index (χ4v) is 4.19. The lowest BCUT2D eigenvalue weighted by molar-refractivity contribution is -0.142. The first-order valence-electron chi connectivity index (χ1n) is 8.96. The maximum atomic E-state index is 12.8. The molecular weight excluding hydrogens is 428 g/mol. The van der Waals surface area contributed by atoms with Gasteiger partial charge in [0.15, 0.2) is 0 Å². The molecule has 10 heteroatoms. The highest BCUT2D eigenvalue weighted by molar-refractivity contribution is 7.98. The molecule has 0 aliphatic carbocycles. The molecule has 0 aliphatic heterocycles. The molecule has 0 unspecified atom stereocenters. The first-order chi connectivity index (χ1) is 14.3. The topological polar surface area (TPSA) is 111 Å². The van der Waals surface area contributed by atoms with Crippen molar-refractivity contribution >= 4 is 39.3 Å². The predicted molar refractivity (Wildman–Crippen MR) is 117 cm³/mol. The molecule has 0 spiro atoms. The molecule has 0 fully saturated rings. The first kappa shape index (κ1) is 23.6. The van der Waals surface area contributed by atoms with E-state index in [-0.39, 0.29) is 16.1 Å². The van der Waals surface area contributed by atoms with Crippen LogP contribution in [-0.2, 0) is 19.6 Å². The third kappa shape index (κ3) is 6.14. The van der Waals surface area contributed by atoms with E-state index in [0.717, 1.165) is 0 Å². The molecule has 162 valence electrons. The zero-order valence-electron chi connectivity index (χ0n) is 16.9. The Balaban J connectivity index is 2.23. The number of hydrogen-bond donors (Lipinski definition) is 2. The summed E-state index contributed by atoms with van der Waals surface area (Å²) in [4.78, 5) is 24.4. The van der Waals surface area contributed by atoms with E-state index in [1.807, 2.05) is 6.26 Å². The largest absolute Gasteiger partial charge is 0.495 e. The average Bonchev–Trinajstić information content (AvgIpc) is 2.76. The molecule has 0 saturated heterocycles. The van der Waals surface area contributed by atoms with E-state index >= 15 is 0 Å². The number of anilines is 1. The van der Waals surface area contributed by atoms with E-state index in [1.54, 1.807) is 24.3 Å². The summed E-state index contributed by atoms with van der Waals surface area (Å²) in [5, 5.41) is 2.60. The number of benzene rings is 2. The smallest absolute Gasteiger partial charge is 0.328 e. The van der Waals surface area contributed by atoms with Gasteiger partial charge in [-0.15, -0.1) is 0 Å². The molecule has 0 aromatic heterocycles. The van der Waals surface area contributed by atoms with Gasteiger partial charge in [-0.05, 0) is 48.8 Å². The Labute approximate surface area is 180 Å². The highest BCUT2D eigenvalue weighted by atomic mass is 32.2. The van der Waals surface area contributed by atoms with Crippen LogP contribution in [0.3, 0.4) is 0 Å². The molecule has 8 nitrogen and oxygen atoms in total. The van der Waals surface area contributed by atoms with E-state index in [4.69, 9.17) is 9.47 Å². The molecule has 0 bridgehead atoms. The van der Waals surface area contributed by atoms with Gasteiger partial charge in [-0.1, -0.05) is 18.2 Å². The van der Waals surface area contributed by atoms with Crippen LogP contribution in [0.25, 0.3) is 0 Å². The number of hydrogen-bond acceptors (Lipinski definition) is 7. The Morgan fingerprint density at radius 1 is 1.10 bits per heavy atom. The van der Waals surface area contributed by atoms with Crippen LogP contribution in [0.2, 0.25) is 0 Å². The minimum Gasteiger partial charge on any atom is -0.495 e. The summed E-state index contributed by atoms with van der Waals surface area (Å²) in [6.07, 6.45) is 2.28. The fourth-order valence-electron chi connectivity index (χ4n) is 2.61. The third-order valence-corrected chi connectivity index (χ3v) is 6.17. The number of para-hydroxylation sites is 2. The summed E-state index contributed by atoms with van der Waals surface area (Å²) >= 11 is 1.53. The highest BCUT2D eigenvalue weighted by Crippen LogP contribution is 2.26. The SMILES string of the molecule is COC(=O)[C@H](CCSC)NC(=O)c1cccc(S(=O)(=O)Nc2ccccc2OC)c1. The Morgan fingerprint density at radius 2 is 1.83 bits per heavy atom. The zero-order valence-corrected chi connectivity index (χ0v) is 18.5. The van der Waals surface area contributed by atoms with Gasteiger partial charge in [0, 0.05) is 5.56 Å². The van der Waals surface area contributed by atoms with E-state index in [1.165, 1.54) is 50.2 Å². The van der Waals surface area contributed by atoms with Gasteiger partial charge in [0.2, 0.25) is 0 Å². The van der Waals surface area contributed by atoms with Crippen LogP contribution in [0.4, 0.5) is 5.69 Å². The number of nitrogens with one attached hydrogen (secondary N) is 2. The van der Waals surface area contributed by atoms with Crippen molar-refractivity contribution in [2.24, 2.45) is 0 Å². The van der Waals surface area contributed by atoms with Crippen LogP contribution in [0.15, 0.2) is 53.4 Å². The second-order valence-electron chi connectivity index (χ2n) is 6.16. The van der Waals surface area contributed by atoms with Crippen molar-refractivity contribution in [3.8, 4) is 5.75 Å². The zero-order chi connectivity index (χ0) is 22.1. The summed E-state index contributed by atoms with van der Waals surface area (Å²) in [6, 6.07) is 11.3. The summed E-state index contributed by atoms with van der Waals surface area (Å²) in [5.41, 5.74) is 0.383. The summed E-state index contributed by atoms with van der Waals surface area (Å²) in [5.74, 6) is -0.110. The Kier molecular flexibility index (Phi) is 8.55. The Hall–Kier alpha value is -2.72. The second-order valence-corrected chi connectivity index (χ2v) is 8.83. The van der Waals surface area contributed by atoms with Gasteiger partial charge in [-0.3, -0.25) is 9.52 Å². The maximum absolute atomic E-state index is 12.8. The van der Waals surface area contributed by atoms with Crippen molar-refractivity contribution < 1.29 is 27.5 Å². The van der Waals surface area contributed by atoms with Crippen LogP contribution in [0.1, 0.15) is 16.8 Å². The van der Waals surface area contributed by atoms with Gasteiger partial charge in [0.05, 0.1) is 24.8 Å². The molecule has 0 radical (unpaired) electrons. The van der Waals surface area contributed by atoms with E-state index in [9.17, 15) is 18.0 Å². The van der Waals surface area contributed by atoms with E-state index in [0.29, 0.717) is 17.9 Å². The van der Waals surface area contributed by atoms with Gasteiger partial charge < -0.3 is 14.8 Å². The van der Waals surface area contributed by atoms with Gasteiger partial charge >= 0.3 is 5.97 Å². The molecule has 2 N–H and O–H groups in total. The summed E-state index contributed by atoms with van der Waals surface area (Å²) in [7, 11) is -1.29. The lowest BCUT2D eigenvalue weighted by Gasteiger charge is -2.16. The first-order valence-corrected chi connectivity index (χ1v) is 11.8. The number of rotatable bonds is 10. The molecule has 2 aromatic carbocycles. The van der Waals surface area contributed by atoms with Gasteiger partial charge in [-0.2, -0.15) is 11.8 Å². The second kappa shape index (κ2) is 10.9. The summed E-state index contributed by atoms with van der Waals surface area (Å²) < 4.78 is 37.9. The standard InChI is InChI=1S/C20H24N2O6S2/c1-27-18-10-5-4-9-16(18)22-30(25,26)15-8-6-7-14(13-15)19(23)21-17(11-12-29-3)20(24)28-2/h4-10,13,17,22H,11-12H2,1-3H3,(H,21,23)/t17-/m0/s1. The maximum Gasteiger partial charge on any atom is 0.328 e. The van der Waals surface area contributed by atoms with Crippen LogP contribution in [-0.4, -0.2) is 52.6 Å². The molecule has 0 aliphatic rings. The van der Waals surface area contributed by atoms with Gasteiger partial charge in [0.1, 0.15) is 11.8 Å². The molecule has 2 aromatic rings. The molecule has 0 heterocycles. The Bertz CT molecular complexity index is 994. The fraction of sp³-hybridized carbons (Fsp3) is 0.300. The van der Waals surface area contributed by atoms with Crippen molar-refractivity contribution in [2.45, 2.75) is 17.4 Å². The van der Waals surface area contributed by atoms with Crippen molar-refractivity contribution in [3.63, 3.8) is 0 Å². The number of carbonyl (C=O) groups is 2. The minimum absolute atomic E-state index is 0.0974. The number of carbonyl (C=O) groups excluding carboxylic acids is 2. The number of esters is 1. The van der Waals surface area contributed by atoms with Gasteiger partial charge in [-0.25, -0.2) is 13.2 Å². The summed E-state index contributed by atoms with van der Waals surface area (Å²) in [6.45, 7) is 0. The molecule has 1 amide bonds.